The van der Waals surface area contributed by atoms with Crippen LogP contribution in [-0.4, -0.2) is 31.0 Å². The summed E-state index contributed by atoms with van der Waals surface area (Å²) in [6.07, 6.45) is 0.249. The van der Waals surface area contributed by atoms with Gasteiger partial charge >= 0.3 is 0 Å². The van der Waals surface area contributed by atoms with E-state index < -0.39 is 6.10 Å². The molecule has 108 valence electrons. The van der Waals surface area contributed by atoms with Crippen LogP contribution >= 0.6 is 0 Å². The second-order valence-corrected chi connectivity index (χ2v) is 4.37. The van der Waals surface area contributed by atoms with Crippen LogP contribution < -0.4 is 14.8 Å². The summed E-state index contributed by atoms with van der Waals surface area (Å²) in [4.78, 5) is 0. The number of benzene rings is 1. The van der Waals surface area contributed by atoms with Gasteiger partial charge in [0.05, 0.1) is 12.7 Å². The van der Waals surface area contributed by atoms with Gasteiger partial charge in [-0.2, -0.15) is 0 Å². The van der Waals surface area contributed by atoms with E-state index in [1.165, 1.54) is 0 Å². The van der Waals surface area contributed by atoms with Crippen LogP contribution in [0.3, 0.4) is 0 Å². The number of nitrogens with one attached hydrogen (secondary N) is 1. The molecule has 1 atom stereocenters. The standard InChI is InChI=1S/C15H25NO3/c1-4-13(17)11-19-14-8-7-12(10-16-5-2)9-15(14)18-6-3/h7-9,13,16-17H,4-6,10-11H2,1-3H3. The van der Waals surface area contributed by atoms with Crippen LogP contribution in [0.4, 0.5) is 0 Å². The van der Waals surface area contributed by atoms with Crippen LogP contribution in [0.1, 0.15) is 32.8 Å². The predicted octanol–water partition coefficient (Wildman–Crippen LogP) is 2.34. The van der Waals surface area contributed by atoms with Gasteiger partial charge in [-0.1, -0.05) is 19.9 Å². The van der Waals surface area contributed by atoms with Crippen LogP contribution in [-0.2, 0) is 6.54 Å². The van der Waals surface area contributed by atoms with E-state index in [1.54, 1.807) is 0 Å². The molecule has 1 unspecified atom stereocenters. The smallest absolute Gasteiger partial charge is 0.161 e. The van der Waals surface area contributed by atoms with Crippen molar-refractivity contribution in [2.24, 2.45) is 0 Å². The highest BCUT2D eigenvalue weighted by atomic mass is 16.5. The quantitative estimate of drug-likeness (QED) is 0.721. The van der Waals surface area contributed by atoms with Gasteiger partial charge in [0.25, 0.3) is 0 Å². The Balaban J connectivity index is 2.72. The van der Waals surface area contributed by atoms with E-state index in [1.807, 2.05) is 32.0 Å². The highest BCUT2D eigenvalue weighted by Crippen LogP contribution is 2.28. The third kappa shape index (κ3) is 5.49. The van der Waals surface area contributed by atoms with Crippen molar-refractivity contribution < 1.29 is 14.6 Å². The van der Waals surface area contributed by atoms with E-state index in [0.717, 1.165) is 24.4 Å². The average molecular weight is 267 g/mol. The number of aliphatic hydroxyl groups excluding tert-OH is 1. The zero-order chi connectivity index (χ0) is 14.1. The first-order valence-electron chi connectivity index (χ1n) is 6.98. The van der Waals surface area contributed by atoms with Gasteiger partial charge in [-0.05, 0) is 37.6 Å². The fourth-order valence-corrected chi connectivity index (χ4v) is 1.62. The molecule has 4 heteroatoms. The minimum absolute atomic E-state index is 0.295. The van der Waals surface area contributed by atoms with Crippen LogP contribution in [0.25, 0.3) is 0 Å². The van der Waals surface area contributed by atoms with Crippen molar-refractivity contribution in [2.45, 2.75) is 39.8 Å². The normalized spacial score (nSPS) is 12.2. The third-order valence-corrected chi connectivity index (χ3v) is 2.79. The lowest BCUT2D eigenvalue weighted by Crippen LogP contribution is -2.16. The number of hydrogen-bond donors (Lipinski definition) is 2. The van der Waals surface area contributed by atoms with Crippen LogP contribution in [0.5, 0.6) is 11.5 Å². The van der Waals surface area contributed by atoms with Crippen molar-refractivity contribution in [1.29, 1.82) is 0 Å². The lowest BCUT2D eigenvalue weighted by atomic mass is 10.2. The summed E-state index contributed by atoms with van der Waals surface area (Å²) in [5, 5.41) is 12.8. The minimum atomic E-state index is -0.434. The molecule has 0 bridgehead atoms. The molecule has 0 radical (unpaired) electrons. The SMILES string of the molecule is CCNCc1ccc(OCC(O)CC)c(OCC)c1. The van der Waals surface area contributed by atoms with E-state index in [4.69, 9.17) is 9.47 Å². The van der Waals surface area contributed by atoms with Gasteiger partial charge < -0.3 is 19.9 Å². The highest BCUT2D eigenvalue weighted by molar-refractivity contribution is 5.43. The highest BCUT2D eigenvalue weighted by Gasteiger charge is 2.08. The van der Waals surface area contributed by atoms with E-state index in [0.29, 0.717) is 25.4 Å². The van der Waals surface area contributed by atoms with Crippen LogP contribution in [0.15, 0.2) is 18.2 Å². The Bertz CT molecular complexity index is 368. The molecule has 0 fully saturated rings. The van der Waals surface area contributed by atoms with Crippen molar-refractivity contribution in [3.8, 4) is 11.5 Å². The molecule has 0 aromatic heterocycles. The van der Waals surface area contributed by atoms with Crippen LogP contribution in [0, 0.1) is 0 Å². The molecule has 1 aromatic rings. The van der Waals surface area contributed by atoms with Gasteiger partial charge in [-0.15, -0.1) is 0 Å². The van der Waals surface area contributed by atoms with E-state index in [2.05, 4.69) is 12.2 Å². The lowest BCUT2D eigenvalue weighted by Gasteiger charge is -2.15. The molecule has 0 saturated carbocycles. The summed E-state index contributed by atoms with van der Waals surface area (Å²) in [5.74, 6) is 1.43. The second kappa shape index (κ2) is 8.77. The first-order valence-corrected chi connectivity index (χ1v) is 6.98. The summed E-state index contributed by atoms with van der Waals surface area (Å²) >= 11 is 0. The molecule has 4 nitrogen and oxygen atoms in total. The van der Waals surface area contributed by atoms with E-state index >= 15 is 0 Å². The molecule has 0 amide bonds. The molecule has 19 heavy (non-hydrogen) atoms. The van der Waals surface area contributed by atoms with Gasteiger partial charge in [0, 0.05) is 6.54 Å². The van der Waals surface area contributed by atoms with Crippen molar-refractivity contribution >= 4 is 0 Å². The molecular formula is C15H25NO3. The largest absolute Gasteiger partial charge is 0.490 e. The molecule has 0 heterocycles. The van der Waals surface area contributed by atoms with Gasteiger partial charge in [-0.3, -0.25) is 0 Å². The molecule has 0 aliphatic heterocycles. The molecule has 0 spiro atoms. The first kappa shape index (κ1) is 15.8. The summed E-state index contributed by atoms with van der Waals surface area (Å²) < 4.78 is 11.2. The van der Waals surface area contributed by atoms with E-state index in [-0.39, 0.29) is 0 Å². The Labute approximate surface area is 115 Å². The number of aliphatic hydroxyl groups is 1. The zero-order valence-electron chi connectivity index (χ0n) is 12.1. The molecule has 0 aliphatic carbocycles. The third-order valence-electron chi connectivity index (χ3n) is 2.79. The fraction of sp³-hybridized carbons (Fsp3) is 0.600. The maximum atomic E-state index is 9.53. The molecule has 0 aliphatic rings. The Kier molecular flexibility index (Phi) is 7.30. The summed E-state index contributed by atoms with van der Waals surface area (Å²) in [6, 6.07) is 5.90. The number of rotatable bonds is 9. The predicted molar refractivity (Wildman–Crippen MR) is 76.8 cm³/mol. The summed E-state index contributed by atoms with van der Waals surface area (Å²) in [6.45, 7) is 8.59. The lowest BCUT2D eigenvalue weighted by molar-refractivity contribution is 0.102. The van der Waals surface area contributed by atoms with Gasteiger partial charge in [0.15, 0.2) is 11.5 Å². The number of hydrogen-bond acceptors (Lipinski definition) is 4. The first-order chi connectivity index (χ1) is 9.21. The summed E-state index contributed by atoms with van der Waals surface area (Å²) in [7, 11) is 0. The summed E-state index contributed by atoms with van der Waals surface area (Å²) in [5.41, 5.74) is 1.16. The van der Waals surface area contributed by atoms with Gasteiger partial charge in [0.1, 0.15) is 6.61 Å². The maximum absolute atomic E-state index is 9.53. The fourth-order valence-electron chi connectivity index (χ4n) is 1.62. The number of ether oxygens (including phenoxy) is 2. The topological polar surface area (TPSA) is 50.7 Å². The average Bonchev–Trinajstić information content (AvgIpc) is 2.44. The molecule has 1 aromatic carbocycles. The van der Waals surface area contributed by atoms with Gasteiger partial charge in [-0.25, -0.2) is 0 Å². The van der Waals surface area contributed by atoms with Crippen molar-refractivity contribution in [2.75, 3.05) is 19.8 Å². The molecule has 1 rings (SSSR count). The molecule has 2 N–H and O–H groups in total. The maximum Gasteiger partial charge on any atom is 0.161 e. The monoisotopic (exact) mass is 267 g/mol. The van der Waals surface area contributed by atoms with Crippen molar-refractivity contribution in [1.82, 2.24) is 5.32 Å². The van der Waals surface area contributed by atoms with E-state index in [9.17, 15) is 5.11 Å². The Morgan fingerprint density at radius 3 is 2.58 bits per heavy atom. The Hall–Kier alpha value is -1.26. The Morgan fingerprint density at radius 2 is 1.95 bits per heavy atom. The van der Waals surface area contributed by atoms with Crippen LogP contribution in [0.2, 0.25) is 0 Å². The van der Waals surface area contributed by atoms with Crippen molar-refractivity contribution in [3.05, 3.63) is 23.8 Å². The molecule has 0 saturated heterocycles. The molecular weight excluding hydrogens is 242 g/mol. The second-order valence-electron chi connectivity index (χ2n) is 4.37. The Morgan fingerprint density at radius 1 is 1.16 bits per heavy atom. The van der Waals surface area contributed by atoms with Gasteiger partial charge in [0.2, 0.25) is 0 Å². The zero-order valence-corrected chi connectivity index (χ0v) is 12.1. The minimum Gasteiger partial charge on any atom is -0.490 e. The van der Waals surface area contributed by atoms with Crippen molar-refractivity contribution in [3.63, 3.8) is 0 Å².